The van der Waals surface area contributed by atoms with Crippen molar-refractivity contribution >= 4 is 11.7 Å². The highest BCUT2D eigenvalue weighted by atomic mass is 16.1. The molecule has 0 aliphatic carbocycles. The highest BCUT2D eigenvalue weighted by Crippen LogP contribution is 2.01. The van der Waals surface area contributed by atoms with Gasteiger partial charge in [-0.2, -0.15) is 0 Å². The van der Waals surface area contributed by atoms with Gasteiger partial charge in [-0.15, -0.1) is 0 Å². The van der Waals surface area contributed by atoms with Crippen molar-refractivity contribution in [2.45, 2.75) is 32.7 Å². The van der Waals surface area contributed by atoms with E-state index >= 15 is 0 Å². The molecular formula is C12H19N3O. The summed E-state index contributed by atoms with van der Waals surface area (Å²) in [5.41, 5.74) is -0.165. The first-order valence-corrected chi connectivity index (χ1v) is 5.43. The topological polar surface area (TPSA) is 54.0 Å². The molecule has 0 aromatic carbocycles. The van der Waals surface area contributed by atoms with Gasteiger partial charge in [-0.05, 0) is 32.9 Å². The number of amides is 1. The molecule has 0 spiro atoms. The van der Waals surface area contributed by atoms with Gasteiger partial charge in [0.05, 0.1) is 0 Å². The van der Waals surface area contributed by atoms with Gasteiger partial charge in [0.25, 0.3) is 0 Å². The summed E-state index contributed by atoms with van der Waals surface area (Å²) in [7, 11) is 0. The van der Waals surface area contributed by atoms with E-state index in [1.165, 1.54) is 0 Å². The number of anilines is 1. The SMILES string of the molecule is CC(C)(C)NC(=O)CCNc1ccccn1. The third kappa shape index (κ3) is 5.34. The lowest BCUT2D eigenvalue weighted by Crippen LogP contribution is -2.41. The lowest BCUT2D eigenvalue weighted by atomic mass is 10.1. The Morgan fingerprint density at radius 2 is 2.12 bits per heavy atom. The largest absolute Gasteiger partial charge is 0.370 e. The number of carbonyl (C=O) groups excluding carboxylic acids is 1. The maximum Gasteiger partial charge on any atom is 0.222 e. The molecule has 0 aliphatic rings. The van der Waals surface area contributed by atoms with Gasteiger partial charge in [-0.25, -0.2) is 4.98 Å². The van der Waals surface area contributed by atoms with E-state index in [0.29, 0.717) is 13.0 Å². The van der Waals surface area contributed by atoms with E-state index in [-0.39, 0.29) is 11.4 Å². The Hall–Kier alpha value is -1.58. The number of pyridine rings is 1. The Morgan fingerprint density at radius 1 is 1.38 bits per heavy atom. The first kappa shape index (κ1) is 12.5. The fourth-order valence-electron chi connectivity index (χ4n) is 1.25. The number of hydrogen-bond acceptors (Lipinski definition) is 3. The number of carbonyl (C=O) groups is 1. The predicted octanol–water partition coefficient (Wildman–Crippen LogP) is 1.80. The number of rotatable bonds is 4. The van der Waals surface area contributed by atoms with Crippen LogP contribution >= 0.6 is 0 Å². The Balaban J connectivity index is 2.24. The number of aromatic nitrogens is 1. The van der Waals surface area contributed by atoms with E-state index in [9.17, 15) is 4.79 Å². The first-order chi connectivity index (χ1) is 7.47. The molecule has 0 fully saturated rings. The van der Waals surface area contributed by atoms with Crippen molar-refractivity contribution in [2.75, 3.05) is 11.9 Å². The summed E-state index contributed by atoms with van der Waals surface area (Å²) in [6.45, 7) is 6.50. The highest BCUT2D eigenvalue weighted by molar-refractivity contribution is 5.77. The van der Waals surface area contributed by atoms with E-state index < -0.39 is 0 Å². The zero-order valence-corrected chi connectivity index (χ0v) is 10.1. The predicted molar refractivity (Wildman–Crippen MR) is 65.2 cm³/mol. The van der Waals surface area contributed by atoms with Gasteiger partial charge in [0.15, 0.2) is 0 Å². The molecule has 0 radical (unpaired) electrons. The quantitative estimate of drug-likeness (QED) is 0.815. The molecule has 4 nitrogen and oxygen atoms in total. The van der Waals surface area contributed by atoms with Crippen LogP contribution in [0.15, 0.2) is 24.4 Å². The molecule has 4 heteroatoms. The second-order valence-electron chi connectivity index (χ2n) is 4.69. The van der Waals surface area contributed by atoms with Gasteiger partial charge in [-0.1, -0.05) is 6.07 Å². The van der Waals surface area contributed by atoms with Crippen LogP contribution in [-0.2, 0) is 4.79 Å². The van der Waals surface area contributed by atoms with Gasteiger partial charge < -0.3 is 10.6 Å². The molecule has 0 unspecified atom stereocenters. The van der Waals surface area contributed by atoms with Gasteiger partial charge >= 0.3 is 0 Å². The maximum absolute atomic E-state index is 11.5. The Morgan fingerprint density at radius 3 is 2.69 bits per heavy atom. The molecule has 0 bridgehead atoms. The minimum Gasteiger partial charge on any atom is -0.370 e. The maximum atomic E-state index is 11.5. The van der Waals surface area contributed by atoms with Crippen LogP contribution in [-0.4, -0.2) is 23.0 Å². The average molecular weight is 221 g/mol. The summed E-state index contributed by atoms with van der Waals surface area (Å²) in [6, 6.07) is 5.64. The van der Waals surface area contributed by atoms with Crippen molar-refractivity contribution in [2.24, 2.45) is 0 Å². The van der Waals surface area contributed by atoms with Gasteiger partial charge in [-0.3, -0.25) is 4.79 Å². The molecule has 1 amide bonds. The smallest absolute Gasteiger partial charge is 0.222 e. The standard InChI is InChI=1S/C12H19N3O/c1-12(2,3)15-11(16)7-9-14-10-6-4-5-8-13-10/h4-6,8H,7,9H2,1-3H3,(H,13,14)(H,15,16). The van der Waals surface area contributed by atoms with Crippen LogP contribution in [0.25, 0.3) is 0 Å². The molecular weight excluding hydrogens is 202 g/mol. The molecule has 0 atom stereocenters. The summed E-state index contributed by atoms with van der Waals surface area (Å²) < 4.78 is 0. The van der Waals surface area contributed by atoms with Crippen LogP contribution < -0.4 is 10.6 Å². The monoisotopic (exact) mass is 221 g/mol. The van der Waals surface area contributed by atoms with E-state index in [2.05, 4.69) is 15.6 Å². The molecule has 0 aliphatic heterocycles. The first-order valence-electron chi connectivity index (χ1n) is 5.43. The molecule has 1 rings (SSSR count). The number of hydrogen-bond donors (Lipinski definition) is 2. The average Bonchev–Trinajstić information content (AvgIpc) is 2.16. The third-order valence-corrected chi connectivity index (χ3v) is 1.84. The van der Waals surface area contributed by atoms with Crippen molar-refractivity contribution in [3.05, 3.63) is 24.4 Å². The summed E-state index contributed by atoms with van der Waals surface area (Å²) in [5.74, 6) is 0.849. The van der Waals surface area contributed by atoms with Gasteiger partial charge in [0.2, 0.25) is 5.91 Å². The van der Waals surface area contributed by atoms with Crippen molar-refractivity contribution in [1.29, 1.82) is 0 Å². The summed E-state index contributed by atoms with van der Waals surface area (Å²) >= 11 is 0. The molecule has 1 heterocycles. The van der Waals surface area contributed by atoms with Crippen molar-refractivity contribution in [3.63, 3.8) is 0 Å². The van der Waals surface area contributed by atoms with Crippen LogP contribution in [0.5, 0.6) is 0 Å². The van der Waals surface area contributed by atoms with E-state index in [4.69, 9.17) is 0 Å². The molecule has 88 valence electrons. The van der Waals surface area contributed by atoms with Crippen molar-refractivity contribution in [1.82, 2.24) is 10.3 Å². The van der Waals surface area contributed by atoms with Crippen LogP contribution in [0.3, 0.4) is 0 Å². The number of nitrogens with zero attached hydrogens (tertiary/aromatic N) is 1. The van der Waals surface area contributed by atoms with E-state index in [0.717, 1.165) is 5.82 Å². The Kier molecular flexibility index (Phi) is 4.28. The summed E-state index contributed by atoms with van der Waals surface area (Å²) in [5, 5.41) is 6.00. The normalized spacial score (nSPS) is 10.9. The molecule has 0 saturated carbocycles. The molecule has 16 heavy (non-hydrogen) atoms. The molecule has 2 N–H and O–H groups in total. The van der Waals surface area contributed by atoms with Crippen molar-refractivity contribution in [3.8, 4) is 0 Å². The lowest BCUT2D eigenvalue weighted by molar-refractivity contribution is -0.122. The van der Waals surface area contributed by atoms with E-state index in [1.807, 2.05) is 39.0 Å². The van der Waals surface area contributed by atoms with Crippen molar-refractivity contribution < 1.29 is 4.79 Å². The molecule has 1 aromatic rings. The molecule has 0 saturated heterocycles. The number of nitrogens with one attached hydrogen (secondary N) is 2. The highest BCUT2D eigenvalue weighted by Gasteiger charge is 2.12. The molecule has 1 aromatic heterocycles. The minimum absolute atomic E-state index is 0.0518. The van der Waals surface area contributed by atoms with E-state index in [1.54, 1.807) is 6.20 Å². The van der Waals surface area contributed by atoms with Crippen LogP contribution in [0, 0.1) is 0 Å². The summed E-state index contributed by atoms with van der Waals surface area (Å²) in [4.78, 5) is 15.6. The minimum atomic E-state index is -0.165. The second kappa shape index (κ2) is 5.49. The van der Waals surface area contributed by atoms with Gasteiger partial charge in [0.1, 0.15) is 5.82 Å². The Bertz CT molecular complexity index is 330. The van der Waals surface area contributed by atoms with Gasteiger partial charge in [0, 0.05) is 24.7 Å². The second-order valence-corrected chi connectivity index (χ2v) is 4.69. The van der Waals surface area contributed by atoms with Crippen LogP contribution in [0.2, 0.25) is 0 Å². The van der Waals surface area contributed by atoms with Crippen LogP contribution in [0.1, 0.15) is 27.2 Å². The third-order valence-electron chi connectivity index (χ3n) is 1.84. The zero-order valence-electron chi connectivity index (χ0n) is 10.1. The summed E-state index contributed by atoms with van der Waals surface area (Å²) in [6.07, 6.45) is 2.17. The lowest BCUT2D eigenvalue weighted by Gasteiger charge is -2.20. The Labute approximate surface area is 96.5 Å². The zero-order chi connectivity index (χ0) is 12.0. The fourth-order valence-corrected chi connectivity index (χ4v) is 1.25. The van der Waals surface area contributed by atoms with Crippen LogP contribution in [0.4, 0.5) is 5.82 Å². The fraction of sp³-hybridized carbons (Fsp3) is 0.500.